The van der Waals surface area contributed by atoms with E-state index in [0.717, 1.165) is 24.1 Å². The maximum atomic E-state index is 14.3. The Morgan fingerprint density at radius 3 is 2.56 bits per heavy atom. The Kier molecular flexibility index (Phi) is 5.03. The topological polar surface area (TPSA) is 98.2 Å². The van der Waals surface area contributed by atoms with Crippen LogP contribution in [0.2, 0.25) is 0 Å². The van der Waals surface area contributed by atoms with Crippen LogP contribution in [0.3, 0.4) is 0 Å². The number of nitrogen functional groups attached to an aromatic ring is 1. The quantitative estimate of drug-likeness (QED) is 0.340. The third-order valence-corrected chi connectivity index (χ3v) is 6.76. The number of carbonyl (C=O) groups is 1. The summed E-state index contributed by atoms with van der Waals surface area (Å²) in [4.78, 5) is 26.6. The molecule has 0 saturated heterocycles. The van der Waals surface area contributed by atoms with Crippen molar-refractivity contribution in [1.29, 1.82) is 0 Å². The predicted octanol–water partition coefficient (Wildman–Crippen LogP) is 5.15. The lowest BCUT2D eigenvalue weighted by Gasteiger charge is -2.16. The van der Waals surface area contributed by atoms with Crippen molar-refractivity contribution in [3.63, 3.8) is 0 Å². The number of hydrogen-bond donors (Lipinski definition) is 2. The van der Waals surface area contributed by atoms with E-state index in [4.69, 9.17) is 10.7 Å². The predicted molar refractivity (Wildman–Crippen MR) is 136 cm³/mol. The zero-order valence-corrected chi connectivity index (χ0v) is 19.6. The fourth-order valence-corrected chi connectivity index (χ4v) is 4.69. The maximum Gasteiger partial charge on any atom is 0.255 e. The molecule has 0 unspecified atom stereocenters. The van der Waals surface area contributed by atoms with E-state index in [0.29, 0.717) is 34.2 Å². The molecule has 178 valence electrons. The number of carbonyl (C=O) groups excluding carboxylic acids is 1. The van der Waals surface area contributed by atoms with Crippen molar-refractivity contribution in [3.05, 3.63) is 108 Å². The van der Waals surface area contributed by atoms with Gasteiger partial charge in [-0.3, -0.25) is 9.20 Å². The fourth-order valence-electron chi connectivity index (χ4n) is 4.69. The van der Waals surface area contributed by atoms with E-state index >= 15 is 0 Å². The van der Waals surface area contributed by atoms with Gasteiger partial charge in [-0.1, -0.05) is 24.3 Å². The Morgan fingerprint density at radius 2 is 1.81 bits per heavy atom. The third kappa shape index (κ3) is 3.58. The van der Waals surface area contributed by atoms with Gasteiger partial charge in [0.1, 0.15) is 5.82 Å². The number of fused-ring (bicyclic) bond motifs is 1. The number of nitrogens with zero attached hydrogens (tertiary/aromatic N) is 4. The van der Waals surface area contributed by atoms with Gasteiger partial charge in [0.15, 0.2) is 11.5 Å². The molecular weight excluding hydrogens is 455 g/mol. The minimum atomic E-state index is -0.376. The summed E-state index contributed by atoms with van der Waals surface area (Å²) in [6.07, 6.45) is 5.34. The molecule has 3 heterocycles. The Labute approximate surface area is 206 Å². The van der Waals surface area contributed by atoms with E-state index in [1.807, 2.05) is 49.4 Å². The second kappa shape index (κ2) is 8.27. The molecule has 1 saturated carbocycles. The van der Waals surface area contributed by atoms with Crippen molar-refractivity contribution in [3.8, 4) is 11.4 Å². The molecule has 3 aromatic heterocycles. The smallest absolute Gasteiger partial charge is 0.255 e. The SMILES string of the molecule is Cc1nc2c(F)cccn2c1-c1ccnc(C2(c3ccc(C(=O)Nc4ccccc4N)cc3)CC2)n1. The number of halogens is 1. The molecule has 0 atom stereocenters. The average Bonchev–Trinajstić information content (AvgIpc) is 3.63. The highest BCUT2D eigenvalue weighted by atomic mass is 19.1. The van der Waals surface area contributed by atoms with Gasteiger partial charge in [-0.05, 0) is 67.8 Å². The molecule has 36 heavy (non-hydrogen) atoms. The van der Waals surface area contributed by atoms with Gasteiger partial charge >= 0.3 is 0 Å². The fraction of sp³-hybridized carbons (Fsp3) is 0.143. The van der Waals surface area contributed by atoms with Gasteiger partial charge < -0.3 is 11.1 Å². The van der Waals surface area contributed by atoms with Gasteiger partial charge in [-0.15, -0.1) is 0 Å². The zero-order valence-electron chi connectivity index (χ0n) is 19.6. The van der Waals surface area contributed by atoms with Crippen LogP contribution in [0.5, 0.6) is 0 Å². The number of aromatic nitrogens is 4. The van der Waals surface area contributed by atoms with E-state index in [2.05, 4.69) is 15.3 Å². The highest BCUT2D eigenvalue weighted by Crippen LogP contribution is 2.52. The maximum absolute atomic E-state index is 14.3. The van der Waals surface area contributed by atoms with Crippen LogP contribution in [-0.2, 0) is 5.41 Å². The van der Waals surface area contributed by atoms with Crippen LogP contribution in [0.15, 0.2) is 79.1 Å². The summed E-state index contributed by atoms with van der Waals surface area (Å²) in [5.41, 5.74) is 10.7. The second-order valence-corrected chi connectivity index (χ2v) is 9.06. The molecule has 3 N–H and O–H groups in total. The molecule has 1 amide bonds. The summed E-state index contributed by atoms with van der Waals surface area (Å²) in [7, 11) is 0. The van der Waals surface area contributed by atoms with Crippen molar-refractivity contribution in [1.82, 2.24) is 19.4 Å². The van der Waals surface area contributed by atoms with Crippen molar-refractivity contribution in [2.75, 3.05) is 11.1 Å². The van der Waals surface area contributed by atoms with E-state index in [1.54, 1.807) is 35.0 Å². The molecule has 5 aromatic rings. The number of para-hydroxylation sites is 2. The third-order valence-electron chi connectivity index (χ3n) is 6.76. The molecule has 8 heteroatoms. The number of anilines is 2. The lowest BCUT2D eigenvalue weighted by atomic mass is 9.93. The van der Waals surface area contributed by atoms with E-state index in [9.17, 15) is 9.18 Å². The molecule has 0 spiro atoms. The number of nitrogens with one attached hydrogen (secondary N) is 1. The first-order valence-electron chi connectivity index (χ1n) is 11.7. The van der Waals surface area contributed by atoms with Gasteiger partial charge in [-0.25, -0.2) is 19.3 Å². The van der Waals surface area contributed by atoms with Crippen LogP contribution < -0.4 is 11.1 Å². The first-order chi connectivity index (χ1) is 17.5. The molecule has 2 aromatic carbocycles. The largest absolute Gasteiger partial charge is 0.397 e. The van der Waals surface area contributed by atoms with Gasteiger partial charge in [0, 0.05) is 18.0 Å². The number of benzene rings is 2. The lowest BCUT2D eigenvalue weighted by molar-refractivity contribution is 0.102. The number of rotatable bonds is 5. The average molecular weight is 479 g/mol. The first kappa shape index (κ1) is 21.9. The summed E-state index contributed by atoms with van der Waals surface area (Å²) in [5.74, 6) is 0.108. The van der Waals surface area contributed by atoms with Gasteiger partial charge in [0.25, 0.3) is 5.91 Å². The summed E-state index contributed by atoms with van der Waals surface area (Å²) in [5, 5.41) is 2.86. The molecule has 0 bridgehead atoms. The van der Waals surface area contributed by atoms with Gasteiger partial charge in [-0.2, -0.15) is 0 Å². The highest BCUT2D eigenvalue weighted by molar-refractivity contribution is 6.05. The Hall–Kier alpha value is -4.59. The molecule has 0 radical (unpaired) electrons. The van der Waals surface area contributed by atoms with Crippen LogP contribution in [0.4, 0.5) is 15.8 Å². The van der Waals surface area contributed by atoms with Crippen LogP contribution in [-0.4, -0.2) is 25.3 Å². The number of imidazole rings is 1. The lowest BCUT2D eigenvalue weighted by Crippen LogP contribution is -2.16. The van der Waals surface area contributed by atoms with Crippen molar-refractivity contribution in [2.24, 2.45) is 0 Å². The van der Waals surface area contributed by atoms with E-state index < -0.39 is 0 Å². The van der Waals surface area contributed by atoms with Crippen LogP contribution in [0, 0.1) is 12.7 Å². The van der Waals surface area contributed by atoms with Crippen molar-refractivity contribution >= 4 is 22.9 Å². The molecular formula is C28H23FN6O. The zero-order chi connectivity index (χ0) is 24.9. The van der Waals surface area contributed by atoms with Gasteiger partial charge in [0.05, 0.1) is 33.9 Å². The Morgan fingerprint density at radius 1 is 1.03 bits per heavy atom. The minimum absolute atomic E-state index is 0.224. The van der Waals surface area contributed by atoms with Crippen LogP contribution in [0.25, 0.3) is 17.0 Å². The number of hydrogen-bond acceptors (Lipinski definition) is 5. The van der Waals surface area contributed by atoms with Gasteiger partial charge in [0.2, 0.25) is 0 Å². The monoisotopic (exact) mass is 478 g/mol. The number of aryl methyl sites for hydroxylation is 1. The molecule has 1 fully saturated rings. The number of pyridine rings is 1. The van der Waals surface area contributed by atoms with Crippen molar-refractivity contribution in [2.45, 2.75) is 25.2 Å². The van der Waals surface area contributed by atoms with Crippen LogP contribution >= 0.6 is 0 Å². The minimum Gasteiger partial charge on any atom is -0.397 e. The summed E-state index contributed by atoms with van der Waals surface area (Å²) < 4.78 is 16.0. The summed E-state index contributed by atoms with van der Waals surface area (Å²) in [6.45, 7) is 1.85. The van der Waals surface area contributed by atoms with Crippen LogP contribution in [0.1, 0.15) is 40.3 Å². The summed E-state index contributed by atoms with van der Waals surface area (Å²) in [6, 6.07) is 19.6. The van der Waals surface area contributed by atoms with Crippen molar-refractivity contribution < 1.29 is 9.18 Å². The number of nitrogens with two attached hydrogens (primary N) is 1. The number of amides is 1. The molecule has 1 aliphatic rings. The second-order valence-electron chi connectivity index (χ2n) is 9.06. The summed E-state index contributed by atoms with van der Waals surface area (Å²) >= 11 is 0. The first-order valence-corrected chi connectivity index (χ1v) is 11.7. The molecule has 1 aliphatic carbocycles. The Bertz CT molecular complexity index is 1620. The normalized spacial score (nSPS) is 14.1. The standard InChI is InChI=1S/C28H23FN6O/c1-17-24(35-16-4-5-20(29)25(35)32-17)23-12-15-31-27(34-23)28(13-14-28)19-10-8-18(9-11-19)26(36)33-22-7-3-2-6-21(22)30/h2-12,15-16H,13-14,30H2,1H3,(H,33,36). The van der Waals surface area contributed by atoms with E-state index in [1.165, 1.54) is 6.07 Å². The highest BCUT2D eigenvalue weighted by Gasteiger charge is 2.48. The molecule has 7 nitrogen and oxygen atoms in total. The van der Waals surface area contributed by atoms with E-state index in [-0.39, 0.29) is 22.8 Å². The molecule has 6 rings (SSSR count). The molecule has 0 aliphatic heterocycles. The Balaban J connectivity index is 1.30.